The molecular formula is C14H22N2. The van der Waals surface area contributed by atoms with E-state index < -0.39 is 0 Å². The highest BCUT2D eigenvalue weighted by molar-refractivity contribution is 5.47. The number of nitrogens with zero attached hydrogens (tertiary/aromatic N) is 1. The van der Waals surface area contributed by atoms with Crippen LogP contribution < -0.4 is 10.2 Å². The molecule has 0 aliphatic carbocycles. The second kappa shape index (κ2) is 4.88. The minimum atomic E-state index is 0.645. The van der Waals surface area contributed by atoms with E-state index in [4.69, 9.17) is 0 Å². The fourth-order valence-electron chi connectivity index (χ4n) is 2.45. The third-order valence-electron chi connectivity index (χ3n) is 3.58. The Hall–Kier alpha value is -1.02. The van der Waals surface area contributed by atoms with Gasteiger partial charge in [0.25, 0.3) is 0 Å². The van der Waals surface area contributed by atoms with Crippen LogP contribution in [0.1, 0.15) is 25.3 Å². The predicted octanol–water partition coefficient (Wildman–Crippen LogP) is 2.57. The van der Waals surface area contributed by atoms with E-state index in [2.05, 4.69) is 55.4 Å². The van der Waals surface area contributed by atoms with Gasteiger partial charge in [0.15, 0.2) is 0 Å². The number of nitrogens with one attached hydrogen (secondary N) is 1. The van der Waals surface area contributed by atoms with Crippen molar-refractivity contribution in [2.75, 3.05) is 18.5 Å². The number of hydrogen-bond donors (Lipinski definition) is 1. The molecule has 0 aromatic heterocycles. The molecule has 2 rings (SSSR count). The maximum atomic E-state index is 3.50. The van der Waals surface area contributed by atoms with E-state index in [0.29, 0.717) is 12.1 Å². The Labute approximate surface area is 98.7 Å². The molecule has 0 saturated carbocycles. The Morgan fingerprint density at radius 2 is 1.94 bits per heavy atom. The summed E-state index contributed by atoms with van der Waals surface area (Å²) < 4.78 is 0. The summed E-state index contributed by atoms with van der Waals surface area (Å²) in [6.07, 6.45) is 2.49. The number of piperidine rings is 1. The summed E-state index contributed by atoms with van der Waals surface area (Å²) >= 11 is 0. The van der Waals surface area contributed by atoms with Crippen molar-refractivity contribution in [1.82, 2.24) is 5.32 Å². The smallest absolute Gasteiger partial charge is 0.0366 e. The summed E-state index contributed by atoms with van der Waals surface area (Å²) in [6.45, 7) is 5.55. The van der Waals surface area contributed by atoms with Crippen LogP contribution in [0.5, 0.6) is 0 Å². The Morgan fingerprint density at radius 3 is 2.56 bits per heavy atom. The number of anilines is 1. The molecule has 2 unspecified atom stereocenters. The minimum absolute atomic E-state index is 0.645. The van der Waals surface area contributed by atoms with E-state index in [1.165, 1.54) is 24.1 Å². The normalized spacial score (nSPS) is 25.4. The first kappa shape index (κ1) is 11.5. The van der Waals surface area contributed by atoms with Crippen molar-refractivity contribution in [2.45, 2.75) is 38.8 Å². The van der Waals surface area contributed by atoms with Crippen molar-refractivity contribution in [3.8, 4) is 0 Å². The van der Waals surface area contributed by atoms with Gasteiger partial charge in [-0.1, -0.05) is 17.7 Å². The van der Waals surface area contributed by atoms with Gasteiger partial charge in [-0.15, -0.1) is 0 Å². The molecule has 1 aliphatic rings. The molecule has 1 aromatic rings. The maximum absolute atomic E-state index is 3.50. The van der Waals surface area contributed by atoms with Crippen LogP contribution >= 0.6 is 0 Å². The topological polar surface area (TPSA) is 15.3 Å². The molecule has 1 fully saturated rings. The average Bonchev–Trinajstić information content (AvgIpc) is 2.29. The zero-order valence-electron chi connectivity index (χ0n) is 10.5. The summed E-state index contributed by atoms with van der Waals surface area (Å²) in [7, 11) is 2.22. The van der Waals surface area contributed by atoms with Crippen LogP contribution in [-0.4, -0.2) is 25.7 Å². The molecule has 1 aromatic carbocycles. The van der Waals surface area contributed by atoms with E-state index >= 15 is 0 Å². The van der Waals surface area contributed by atoms with Crippen molar-refractivity contribution < 1.29 is 0 Å². The minimum Gasteiger partial charge on any atom is -0.372 e. The van der Waals surface area contributed by atoms with Crippen LogP contribution in [0, 0.1) is 6.92 Å². The molecule has 2 heteroatoms. The lowest BCUT2D eigenvalue weighted by atomic mass is 9.99. The summed E-state index contributed by atoms with van der Waals surface area (Å²) in [5, 5.41) is 3.50. The zero-order valence-corrected chi connectivity index (χ0v) is 10.5. The van der Waals surface area contributed by atoms with Crippen LogP contribution in [0.3, 0.4) is 0 Å². The quantitative estimate of drug-likeness (QED) is 0.820. The van der Waals surface area contributed by atoms with Crippen LogP contribution in [0.2, 0.25) is 0 Å². The number of rotatable bonds is 2. The van der Waals surface area contributed by atoms with Gasteiger partial charge in [0.1, 0.15) is 0 Å². The molecule has 88 valence electrons. The fraction of sp³-hybridized carbons (Fsp3) is 0.571. The molecule has 1 saturated heterocycles. The van der Waals surface area contributed by atoms with E-state index in [0.717, 1.165) is 6.54 Å². The van der Waals surface area contributed by atoms with Crippen LogP contribution in [0.25, 0.3) is 0 Å². The Balaban J connectivity index is 2.06. The molecule has 2 nitrogen and oxygen atoms in total. The van der Waals surface area contributed by atoms with Gasteiger partial charge < -0.3 is 10.2 Å². The lowest BCUT2D eigenvalue weighted by Crippen LogP contribution is -2.45. The van der Waals surface area contributed by atoms with Gasteiger partial charge >= 0.3 is 0 Å². The number of hydrogen-bond acceptors (Lipinski definition) is 2. The maximum Gasteiger partial charge on any atom is 0.0366 e. The van der Waals surface area contributed by atoms with E-state index in [1.807, 2.05) is 0 Å². The van der Waals surface area contributed by atoms with Crippen molar-refractivity contribution in [1.29, 1.82) is 0 Å². The first-order chi connectivity index (χ1) is 7.66. The lowest BCUT2D eigenvalue weighted by Gasteiger charge is -2.36. The highest BCUT2D eigenvalue weighted by Gasteiger charge is 2.21. The van der Waals surface area contributed by atoms with E-state index in [-0.39, 0.29) is 0 Å². The lowest BCUT2D eigenvalue weighted by molar-refractivity contribution is 0.372. The average molecular weight is 218 g/mol. The highest BCUT2D eigenvalue weighted by atomic mass is 15.1. The Kier molecular flexibility index (Phi) is 3.49. The molecule has 1 heterocycles. The molecule has 0 amide bonds. The Bertz CT molecular complexity index is 331. The second-order valence-corrected chi connectivity index (χ2v) is 4.98. The molecule has 1 aliphatic heterocycles. The van der Waals surface area contributed by atoms with Gasteiger partial charge in [0.05, 0.1) is 0 Å². The number of aryl methyl sites for hydroxylation is 1. The van der Waals surface area contributed by atoms with Crippen molar-refractivity contribution in [3.05, 3.63) is 29.8 Å². The van der Waals surface area contributed by atoms with Gasteiger partial charge in [-0.3, -0.25) is 0 Å². The molecule has 0 radical (unpaired) electrons. The first-order valence-electron chi connectivity index (χ1n) is 6.19. The van der Waals surface area contributed by atoms with Gasteiger partial charge in [-0.05, 0) is 45.4 Å². The standard InChI is InChI=1S/C14H22N2/c1-11-4-6-13(7-5-11)16(3)14-8-9-15-12(2)10-14/h4-7,12,14-15H,8-10H2,1-3H3. The second-order valence-electron chi connectivity index (χ2n) is 4.98. The monoisotopic (exact) mass is 218 g/mol. The number of benzene rings is 1. The molecule has 0 spiro atoms. The summed E-state index contributed by atoms with van der Waals surface area (Å²) in [6, 6.07) is 10.2. The van der Waals surface area contributed by atoms with Gasteiger partial charge in [-0.25, -0.2) is 0 Å². The van der Waals surface area contributed by atoms with E-state index in [9.17, 15) is 0 Å². The van der Waals surface area contributed by atoms with E-state index in [1.54, 1.807) is 0 Å². The summed E-state index contributed by atoms with van der Waals surface area (Å²) in [5.74, 6) is 0. The van der Waals surface area contributed by atoms with Crippen LogP contribution in [-0.2, 0) is 0 Å². The molecular weight excluding hydrogens is 196 g/mol. The van der Waals surface area contributed by atoms with Gasteiger partial charge in [-0.2, -0.15) is 0 Å². The van der Waals surface area contributed by atoms with Crippen LogP contribution in [0.4, 0.5) is 5.69 Å². The fourth-order valence-corrected chi connectivity index (χ4v) is 2.45. The predicted molar refractivity (Wildman–Crippen MR) is 70.1 cm³/mol. The van der Waals surface area contributed by atoms with Gasteiger partial charge in [0, 0.05) is 24.8 Å². The highest BCUT2D eigenvalue weighted by Crippen LogP contribution is 2.21. The van der Waals surface area contributed by atoms with Crippen LogP contribution in [0.15, 0.2) is 24.3 Å². The van der Waals surface area contributed by atoms with Crippen molar-refractivity contribution >= 4 is 5.69 Å². The summed E-state index contributed by atoms with van der Waals surface area (Å²) in [5.41, 5.74) is 2.67. The molecule has 16 heavy (non-hydrogen) atoms. The third kappa shape index (κ3) is 2.56. The third-order valence-corrected chi connectivity index (χ3v) is 3.58. The zero-order chi connectivity index (χ0) is 11.5. The molecule has 2 atom stereocenters. The first-order valence-corrected chi connectivity index (χ1v) is 6.19. The molecule has 1 N–H and O–H groups in total. The van der Waals surface area contributed by atoms with Gasteiger partial charge in [0.2, 0.25) is 0 Å². The van der Waals surface area contributed by atoms with Crippen molar-refractivity contribution in [2.24, 2.45) is 0 Å². The SMILES string of the molecule is Cc1ccc(N(C)C2CCNC(C)C2)cc1. The largest absolute Gasteiger partial charge is 0.372 e. The van der Waals surface area contributed by atoms with Crippen molar-refractivity contribution in [3.63, 3.8) is 0 Å². The molecule has 0 bridgehead atoms. The Morgan fingerprint density at radius 1 is 1.25 bits per heavy atom. The summed E-state index contributed by atoms with van der Waals surface area (Å²) in [4.78, 5) is 2.43.